The van der Waals surface area contributed by atoms with Gasteiger partial charge < -0.3 is 15.2 Å². The molecule has 0 aromatic heterocycles. The molecule has 0 spiro atoms. The molecule has 0 aromatic carbocycles. The van der Waals surface area contributed by atoms with Crippen LogP contribution in [0.25, 0.3) is 0 Å². The highest BCUT2D eigenvalue weighted by atomic mass is 19.1. The Morgan fingerprint density at radius 3 is 2.55 bits per heavy atom. The number of rotatable bonds is 1. The van der Waals surface area contributed by atoms with Crippen molar-refractivity contribution in [3.63, 3.8) is 0 Å². The molecule has 1 aliphatic carbocycles. The third-order valence-corrected chi connectivity index (χ3v) is 1.54. The topological polar surface area (TPSA) is 60.7 Å². The van der Waals surface area contributed by atoms with E-state index in [4.69, 9.17) is 15.2 Å². The first kappa shape index (κ1) is 8.29. The van der Waals surface area contributed by atoms with Gasteiger partial charge >= 0.3 is 7.12 Å². The van der Waals surface area contributed by atoms with Crippen molar-refractivity contribution in [2.45, 2.75) is 12.8 Å². The van der Waals surface area contributed by atoms with Crippen molar-refractivity contribution < 1.29 is 19.5 Å². The second-order valence-electron chi connectivity index (χ2n) is 2.33. The van der Waals surface area contributed by atoms with Crippen LogP contribution in [0.15, 0.2) is 23.1 Å². The van der Waals surface area contributed by atoms with Crippen molar-refractivity contribution in [2.75, 3.05) is 0 Å². The molecule has 0 radical (unpaired) electrons. The molecule has 3 nitrogen and oxygen atoms in total. The van der Waals surface area contributed by atoms with Gasteiger partial charge in [0.1, 0.15) is 11.6 Å². The van der Waals surface area contributed by atoms with Crippen molar-refractivity contribution in [3.8, 4) is 0 Å². The molecule has 0 saturated carbocycles. The SMILES string of the molecule is OB(O)C1=CCCC(F)=C1O. The lowest BCUT2D eigenvalue weighted by molar-refractivity contribution is 0.365. The third kappa shape index (κ3) is 1.61. The average molecular weight is 158 g/mol. The van der Waals surface area contributed by atoms with E-state index in [1.165, 1.54) is 6.08 Å². The molecule has 0 aromatic rings. The Hall–Kier alpha value is -0.805. The summed E-state index contributed by atoms with van der Waals surface area (Å²) in [6, 6.07) is 0. The summed E-state index contributed by atoms with van der Waals surface area (Å²) in [5.74, 6) is -1.32. The van der Waals surface area contributed by atoms with Gasteiger partial charge in [0, 0.05) is 11.9 Å². The van der Waals surface area contributed by atoms with E-state index >= 15 is 0 Å². The van der Waals surface area contributed by atoms with E-state index in [1.54, 1.807) is 0 Å². The molecule has 0 saturated heterocycles. The maximum absolute atomic E-state index is 12.6. The van der Waals surface area contributed by atoms with Crippen molar-refractivity contribution in [1.82, 2.24) is 0 Å². The summed E-state index contributed by atoms with van der Waals surface area (Å²) in [6.07, 6.45) is 1.92. The van der Waals surface area contributed by atoms with Gasteiger partial charge in [0.2, 0.25) is 0 Å². The molecule has 11 heavy (non-hydrogen) atoms. The van der Waals surface area contributed by atoms with Crippen molar-refractivity contribution in [1.29, 1.82) is 0 Å². The third-order valence-electron chi connectivity index (χ3n) is 1.54. The van der Waals surface area contributed by atoms with Crippen molar-refractivity contribution >= 4 is 7.12 Å². The Balaban J connectivity index is 2.89. The molecular weight excluding hydrogens is 150 g/mol. The van der Waals surface area contributed by atoms with E-state index in [0.717, 1.165) is 0 Å². The van der Waals surface area contributed by atoms with Crippen LogP contribution in [0.2, 0.25) is 0 Å². The molecule has 0 atom stereocenters. The first-order valence-corrected chi connectivity index (χ1v) is 3.27. The molecule has 0 fully saturated rings. The van der Waals surface area contributed by atoms with Gasteiger partial charge in [-0.15, -0.1) is 0 Å². The van der Waals surface area contributed by atoms with Gasteiger partial charge in [-0.05, 0) is 6.42 Å². The highest BCUT2D eigenvalue weighted by Crippen LogP contribution is 2.24. The van der Waals surface area contributed by atoms with Gasteiger partial charge in [0.25, 0.3) is 0 Å². The zero-order chi connectivity index (χ0) is 8.43. The fraction of sp³-hybridized carbons (Fsp3) is 0.333. The van der Waals surface area contributed by atoms with Crippen LogP contribution in [-0.4, -0.2) is 22.3 Å². The lowest BCUT2D eigenvalue weighted by Crippen LogP contribution is -2.19. The Kier molecular flexibility index (Phi) is 2.31. The fourth-order valence-electron chi connectivity index (χ4n) is 0.954. The number of aliphatic hydroxyl groups excluding tert-OH is 1. The minimum atomic E-state index is -1.79. The number of allylic oxidation sites excluding steroid dienone is 3. The number of hydrogen-bond donors (Lipinski definition) is 3. The van der Waals surface area contributed by atoms with Crippen LogP contribution in [0.1, 0.15) is 12.8 Å². The molecule has 1 rings (SSSR count). The molecule has 0 bridgehead atoms. The van der Waals surface area contributed by atoms with Crippen LogP contribution in [0.3, 0.4) is 0 Å². The lowest BCUT2D eigenvalue weighted by atomic mass is 9.75. The molecule has 60 valence electrons. The highest BCUT2D eigenvalue weighted by Gasteiger charge is 2.24. The maximum atomic E-state index is 12.6. The van der Waals surface area contributed by atoms with E-state index in [1.807, 2.05) is 0 Å². The Labute approximate surface area is 63.6 Å². The van der Waals surface area contributed by atoms with Crippen LogP contribution in [0.4, 0.5) is 4.39 Å². The molecule has 0 amide bonds. The maximum Gasteiger partial charge on any atom is 0.492 e. The van der Waals surface area contributed by atoms with Crippen LogP contribution < -0.4 is 0 Å². The lowest BCUT2D eigenvalue weighted by Gasteiger charge is -2.11. The van der Waals surface area contributed by atoms with Crippen molar-refractivity contribution in [2.24, 2.45) is 0 Å². The summed E-state index contributed by atoms with van der Waals surface area (Å²) < 4.78 is 12.6. The number of halogens is 1. The first-order chi connectivity index (χ1) is 5.13. The van der Waals surface area contributed by atoms with E-state index in [-0.39, 0.29) is 11.9 Å². The number of hydrogen-bond acceptors (Lipinski definition) is 3. The minimum Gasteiger partial charge on any atom is -0.506 e. The number of aliphatic hydroxyl groups is 1. The molecular formula is C6H8BFO3. The Bertz CT molecular complexity index is 222. The predicted octanol–water partition coefficient (Wildman–Crippen LogP) is 0.458. The molecule has 3 N–H and O–H groups in total. The van der Waals surface area contributed by atoms with E-state index in [9.17, 15) is 4.39 Å². The molecule has 0 heterocycles. The summed E-state index contributed by atoms with van der Waals surface area (Å²) in [6.45, 7) is 0. The normalized spacial score (nSPS) is 18.3. The summed E-state index contributed by atoms with van der Waals surface area (Å²) in [4.78, 5) is 0. The van der Waals surface area contributed by atoms with E-state index in [0.29, 0.717) is 6.42 Å². The largest absolute Gasteiger partial charge is 0.506 e. The summed E-state index contributed by atoms with van der Waals surface area (Å²) in [5.41, 5.74) is -0.145. The van der Waals surface area contributed by atoms with Crippen LogP contribution in [0, 0.1) is 0 Å². The Morgan fingerprint density at radius 1 is 1.45 bits per heavy atom. The van der Waals surface area contributed by atoms with Gasteiger partial charge in [0.05, 0.1) is 0 Å². The summed E-state index contributed by atoms with van der Waals surface area (Å²) >= 11 is 0. The summed E-state index contributed by atoms with van der Waals surface area (Å²) in [5, 5.41) is 26.1. The first-order valence-electron chi connectivity index (χ1n) is 3.27. The second kappa shape index (κ2) is 3.06. The molecule has 0 unspecified atom stereocenters. The van der Waals surface area contributed by atoms with Gasteiger partial charge in [-0.2, -0.15) is 0 Å². The fourth-order valence-corrected chi connectivity index (χ4v) is 0.954. The molecule has 1 aliphatic rings. The van der Waals surface area contributed by atoms with Gasteiger partial charge in [-0.3, -0.25) is 0 Å². The quantitative estimate of drug-likeness (QED) is 0.485. The zero-order valence-corrected chi connectivity index (χ0v) is 5.79. The van der Waals surface area contributed by atoms with Crippen molar-refractivity contribution in [3.05, 3.63) is 23.1 Å². The highest BCUT2D eigenvalue weighted by molar-refractivity contribution is 6.52. The Morgan fingerprint density at radius 2 is 2.09 bits per heavy atom. The van der Waals surface area contributed by atoms with Gasteiger partial charge in [-0.25, -0.2) is 4.39 Å². The van der Waals surface area contributed by atoms with Gasteiger partial charge in [0.15, 0.2) is 0 Å². The van der Waals surface area contributed by atoms with Crippen LogP contribution in [0.5, 0.6) is 0 Å². The standard InChI is InChI=1S/C6H8BFO3/c8-5-3-1-2-4(6(5)9)7(10)11/h2,9-11H,1,3H2. The van der Waals surface area contributed by atoms with E-state index < -0.39 is 18.7 Å². The smallest absolute Gasteiger partial charge is 0.492 e. The zero-order valence-electron chi connectivity index (χ0n) is 5.79. The van der Waals surface area contributed by atoms with E-state index in [2.05, 4.69) is 0 Å². The second-order valence-corrected chi connectivity index (χ2v) is 2.33. The average Bonchev–Trinajstić information content (AvgIpc) is 1.94. The molecule has 0 aliphatic heterocycles. The van der Waals surface area contributed by atoms with Crippen LogP contribution >= 0.6 is 0 Å². The monoisotopic (exact) mass is 158 g/mol. The minimum absolute atomic E-state index is 0.127. The predicted molar refractivity (Wildman–Crippen MR) is 38.3 cm³/mol. The summed E-state index contributed by atoms with van der Waals surface area (Å²) in [7, 11) is -1.79. The van der Waals surface area contributed by atoms with Crippen LogP contribution in [-0.2, 0) is 0 Å². The molecule has 5 heteroatoms. The van der Waals surface area contributed by atoms with Gasteiger partial charge in [-0.1, -0.05) is 6.08 Å².